The number of amides is 2. The summed E-state index contributed by atoms with van der Waals surface area (Å²) in [7, 11) is 0. The van der Waals surface area contributed by atoms with E-state index in [9.17, 15) is 9.59 Å². The maximum absolute atomic E-state index is 13.1. The van der Waals surface area contributed by atoms with Gasteiger partial charge in [0.25, 0.3) is 0 Å². The lowest BCUT2D eigenvalue weighted by Crippen LogP contribution is -2.50. The summed E-state index contributed by atoms with van der Waals surface area (Å²) in [6, 6.07) is 15.1. The van der Waals surface area contributed by atoms with Crippen LogP contribution in [0.5, 0.6) is 0 Å². The summed E-state index contributed by atoms with van der Waals surface area (Å²) in [6.45, 7) is 8.25. The average Bonchev–Trinajstić information content (AvgIpc) is 2.73. The number of carbonyl (C=O) groups is 2. The second kappa shape index (κ2) is 12.0. The second-order valence-electron chi connectivity index (χ2n) is 7.56. The van der Waals surface area contributed by atoms with E-state index in [-0.39, 0.29) is 17.9 Å². The van der Waals surface area contributed by atoms with E-state index >= 15 is 0 Å². The number of thioether (sulfide) groups is 1. The van der Waals surface area contributed by atoms with Crippen molar-refractivity contribution in [1.82, 2.24) is 10.2 Å². The zero-order valence-electron chi connectivity index (χ0n) is 18.2. The molecule has 0 spiro atoms. The van der Waals surface area contributed by atoms with Crippen molar-refractivity contribution in [3.8, 4) is 0 Å². The summed E-state index contributed by atoms with van der Waals surface area (Å²) in [5.41, 5.74) is 3.28. The van der Waals surface area contributed by atoms with Crippen LogP contribution in [0.15, 0.2) is 48.5 Å². The van der Waals surface area contributed by atoms with Gasteiger partial charge in [-0.3, -0.25) is 9.59 Å². The third-order valence-electron chi connectivity index (χ3n) is 5.18. The molecule has 0 heterocycles. The van der Waals surface area contributed by atoms with Gasteiger partial charge in [-0.2, -0.15) is 0 Å². The second-order valence-corrected chi connectivity index (χ2v) is 8.98. The number of halogens is 1. The summed E-state index contributed by atoms with van der Waals surface area (Å²) in [6.07, 6.45) is 0.848. The van der Waals surface area contributed by atoms with E-state index in [0.717, 1.165) is 23.1 Å². The van der Waals surface area contributed by atoms with Crippen molar-refractivity contribution in [2.75, 3.05) is 5.75 Å². The van der Waals surface area contributed by atoms with Gasteiger partial charge in [-0.15, -0.1) is 11.8 Å². The van der Waals surface area contributed by atoms with Gasteiger partial charge in [-0.25, -0.2) is 0 Å². The number of hydrogen-bond donors (Lipinski definition) is 1. The zero-order valence-corrected chi connectivity index (χ0v) is 19.7. The average molecular weight is 447 g/mol. The van der Waals surface area contributed by atoms with Gasteiger partial charge in [0.05, 0.1) is 5.75 Å². The predicted molar refractivity (Wildman–Crippen MR) is 127 cm³/mol. The molecule has 0 fully saturated rings. The lowest BCUT2D eigenvalue weighted by Gasteiger charge is -2.30. The van der Waals surface area contributed by atoms with Crippen LogP contribution in [0.3, 0.4) is 0 Å². The largest absolute Gasteiger partial charge is 0.352 e. The first kappa shape index (κ1) is 24.3. The minimum absolute atomic E-state index is 0.0379. The molecule has 1 N–H and O–H groups in total. The summed E-state index contributed by atoms with van der Waals surface area (Å²) >= 11 is 7.48. The Hall–Kier alpha value is -1.98. The molecule has 6 heteroatoms. The van der Waals surface area contributed by atoms with Crippen molar-refractivity contribution < 1.29 is 9.59 Å². The van der Waals surface area contributed by atoms with E-state index in [1.54, 1.807) is 23.6 Å². The van der Waals surface area contributed by atoms with Gasteiger partial charge in [-0.05, 0) is 56.0 Å². The molecule has 2 aromatic carbocycles. The molecule has 162 valence electrons. The lowest BCUT2D eigenvalue weighted by atomic mass is 10.1. The number of aryl methyl sites for hydroxylation is 1. The van der Waals surface area contributed by atoms with Crippen molar-refractivity contribution in [3.63, 3.8) is 0 Å². The van der Waals surface area contributed by atoms with Gasteiger partial charge in [0, 0.05) is 23.4 Å². The van der Waals surface area contributed by atoms with Crippen LogP contribution < -0.4 is 5.32 Å². The highest BCUT2D eigenvalue weighted by Crippen LogP contribution is 2.19. The molecule has 0 saturated carbocycles. The van der Waals surface area contributed by atoms with Crippen LogP contribution in [0.4, 0.5) is 0 Å². The maximum atomic E-state index is 13.1. The third-order valence-corrected chi connectivity index (χ3v) is 6.42. The molecule has 0 aliphatic carbocycles. The molecule has 2 atom stereocenters. The topological polar surface area (TPSA) is 49.4 Å². The number of hydrogen-bond acceptors (Lipinski definition) is 3. The van der Waals surface area contributed by atoms with Gasteiger partial charge in [0.1, 0.15) is 6.04 Å². The molecule has 0 aromatic heterocycles. The fourth-order valence-electron chi connectivity index (χ4n) is 2.94. The van der Waals surface area contributed by atoms with Crippen LogP contribution >= 0.6 is 23.4 Å². The van der Waals surface area contributed by atoms with E-state index in [4.69, 9.17) is 11.6 Å². The Morgan fingerprint density at radius 3 is 2.40 bits per heavy atom. The number of nitrogens with one attached hydrogen (secondary N) is 1. The van der Waals surface area contributed by atoms with Crippen LogP contribution in [0.25, 0.3) is 0 Å². The smallest absolute Gasteiger partial charge is 0.242 e. The fraction of sp³-hybridized carbons (Fsp3) is 0.417. The minimum atomic E-state index is -0.540. The van der Waals surface area contributed by atoms with Crippen LogP contribution in [0, 0.1) is 6.92 Å². The molecule has 2 amide bonds. The van der Waals surface area contributed by atoms with Crippen molar-refractivity contribution >= 4 is 35.2 Å². The standard InChI is InChI=1S/C24H31ClN2O2S/c1-5-18(3)26-24(29)19(4)27(14-21-9-7-6-8-17(21)2)23(28)16-30-15-20-10-12-22(25)13-11-20/h6-13,18-19H,5,14-16H2,1-4H3,(H,26,29). The Balaban J connectivity index is 2.08. The van der Waals surface area contributed by atoms with E-state index in [1.807, 2.05) is 69.3 Å². The monoisotopic (exact) mass is 446 g/mol. The molecule has 2 aromatic rings. The molecule has 0 radical (unpaired) electrons. The summed E-state index contributed by atoms with van der Waals surface area (Å²) in [5, 5.41) is 3.70. The fourth-order valence-corrected chi connectivity index (χ4v) is 3.94. The van der Waals surface area contributed by atoms with Crippen molar-refractivity contribution in [2.45, 2.75) is 58.5 Å². The Kier molecular flexibility index (Phi) is 9.73. The molecular formula is C24H31ClN2O2S. The van der Waals surface area contributed by atoms with Gasteiger partial charge in [0.2, 0.25) is 11.8 Å². The number of carbonyl (C=O) groups excluding carboxylic acids is 2. The molecular weight excluding hydrogens is 416 g/mol. The SMILES string of the molecule is CCC(C)NC(=O)C(C)N(Cc1ccccc1C)C(=O)CSCc1ccc(Cl)cc1. The molecule has 30 heavy (non-hydrogen) atoms. The highest BCUT2D eigenvalue weighted by atomic mass is 35.5. The van der Waals surface area contributed by atoms with Crippen LogP contribution in [-0.2, 0) is 21.9 Å². The van der Waals surface area contributed by atoms with Gasteiger partial charge in [0.15, 0.2) is 0 Å². The first-order chi connectivity index (χ1) is 14.3. The van der Waals surface area contributed by atoms with E-state index < -0.39 is 6.04 Å². The van der Waals surface area contributed by atoms with Crippen LogP contribution in [0.1, 0.15) is 43.9 Å². The Morgan fingerprint density at radius 1 is 1.10 bits per heavy atom. The van der Waals surface area contributed by atoms with E-state index in [0.29, 0.717) is 23.1 Å². The minimum Gasteiger partial charge on any atom is -0.352 e. The Labute approximate surface area is 189 Å². The van der Waals surface area contributed by atoms with Crippen LogP contribution in [0.2, 0.25) is 5.02 Å². The highest BCUT2D eigenvalue weighted by molar-refractivity contribution is 7.99. The molecule has 0 bridgehead atoms. The predicted octanol–water partition coefficient (Wildman–Crippen LogP) is 5.21. The Bertz CT molecular complexity index is 841. The van der Waals surface area contributed by atoms with Gasteiger partial charge in [-0.1, -0.05) is 54.9 Å². The first-order valence-corrected chi connectivity index (χ1v) is 11.8. The van der Waals surface area contributed by atoms with Crippen LogP contribution in [-0.4, -0.2) is 34.6 Å². The molecule has 4 nitrogen and oxygen atoms in total. The van der Waals surface area contributed by atoms with E-state index in [2.05, 4.69) is 5.32 Å². The summed E-state index contributed by atoms with van der Waals surface area (Å²) < 4.78 is 0. The molecule has 2 unspecified atom stereocenters. The Morgan fingerprint density at radius 2 is 1.77 bits per heavy atom. The molecule has 0 aliphatic heterocycles. The maximum Gasteiger partial charge on any atom is 0.242 e. The van der Waals surface area contributed by atoms with Gasteiger partial charge < -0.3 is 10.2 Å². The summed E-state index contributed by atoms with van der Waals surface area (Å²) in [5.74, 6) is 0.877. The number of rotatable bonds is 10. The highest BCUT2D eigenvalue weighted by Gasteiger charge is 2.27. The molecule has 0 aliphatic rings. The quantitative estimate of drug-likeness (QED) is 0.544. The first-order valence-electron chi connectivity index (χ1n) is 10.3. The zero-order chi connectivity index (χ0) is 22.1. The van der Waals surface area contributed by atoms with Crippen molar-refractivity contribution in [2.24, 2.45) is 0 Å². The normalized spacial score (nSPS) is 12.8. The van der Waals surface area contributed by atoms with E-state index in [1.165, 1.54) is 0 Å². The van der Waals surface area contributed by atoms with Gasteiger partial charge >= 0.3 is 0 Å². The third kappa shape index (κ3) is 7.37. The number of benzene rings is 2. The van der Waals surface area contributed by atoms with Crippen molar-refractivity contribution in [3.05, 3.63) is 70.2 Å². The molecule has 2 rings (SSSR count). The molecule has 0 saturated heterocycles. The van der Waals surface area contributed by atoms with Crippen molar-refractivity contribution in [1.29, 1.82) is 0 Å². The lowest BCUT2D eigenvalue weighted by molar-refractivity contribution is -0.138. The number of nitrogens with zero attached hydrogens (tertiary/aromatic N) is 1. The summed E-state index contributed by atoms with van der Waals surface area (Å²) in [4.78, 5) is 27.5.